The second-order valence-corrected chi connectivity index (χ2v) is 6.21. The maximum Gasteiger partial charge on any atom is 0.138 e. The Bertz CT molecular complexity index is 418. The highest BCUT2D eigenvalue weighted by molar-refractivity contribution is 5.03. The molecule has 21 heavy (non-hydrogen) atoms. The van der Waals surface area contributed by atoms with E-state index in [9.17, 15) is 0 Å². The Kier molecular flexibility index (Phi) is 5.76. The topological polar surface area (TPSA) is 60.0 Å². The van der Waals surface area contributed by atoms with E-state index < -0.39 is 0 Å². The average Bonchev–Trinajstić information content (AvgIpc) is 3.14. The van der Waals surface area contributed by atoms with Crippen LogP contribution in [0.5, 0.6) is 0 Å². The maximum atomic E-state index is 6.69. The molecule has 1 atom stereocenters. The Hall–Kier alpha value is -0.940. The van der Waals surface area contributed by atoms with Crippen LogP contribution in [0.1, 0.15) is 58.7 Å². The summed E-state index contributed by atoms with van der Waals surface area (Å²) in [5, 5.41) is 4.33. The first-order chi connectivity index (χ1) is 10.2. The molecule has 0 aromatic carbocycles. The highest BCUT2D eigenvalue weighted by Gasteiger charge is 2.40. The van der Waals surface area contributed by atoms with Gasteiger partial charge in [-0.25, -0.2) is 4.98 Å². The van der Waals surface area contributed by atoms with E-state index in [2.05, 4.69) is 35.8 Å². The number of aromatic nitrogens is 3. The predicted octanol–water partition coefficient (Wildman–Crippen LogP) is 2.21. The molecule has 1 aliphatic heterocycles. The van der Waals surface area contributed by atoms with Crippen molar-refractivity contribution in [3.8, 4) is 0 Å². The monoisotopic (exact) mass is 293 g/mol. The first-order valence-electron chi connectivity index (χ1n) is 8.55. The van der Waals surface area contributed by atoms with Crippen molar-refractivity contribution in [1.29, 1.82) is 0 Å². The summed E-state index contributed by atoms with van der Waals surface area (Å²) in [6, 6.07) is 0.116. The largest absolute Gasteiger partial charge is 0.326 e. The molecule has 2 heterocycles. The van der Waals surface area contributed by atoms with E-state index in [1.54, 1.807) is 6.33 Å². The molecule has 5 heteroatoms. The number of nitrogens with zero attached hydrogens (tertiary/aromatic N) is 4. The highest BCUT2D eigenvalue weighted by atomic mass is 15.3. The van der Waals surface area contributed by atoms with E-state index in [4.69, 9.17) is 5.73 Å². The second-order valence-electron chi connectivity index (χ2n) is 6.21. The first kappa shape index (κ1) is 16.4. The Labute approximate surface area is 128 Å². The van der Waals surface area contributed by atoms with Gasteiger partial charge in [-0.15, -0.1) is 0 Å². The lowest BCUT2D eigenvalue weighted by molar-refractivity contribution is 0.0757. The van der Waals surface area contributed by atoms with Gasteiger partial charge in [0.1, 0.15) is 12.2 Å². The molecule has 1 saturated heterocycles. The Morgan fingerprint density at radius 2 is 1.90 bits per heavy atom. The van der Waals surface area contributed by atoms with Gasteiger partial charge in [0.2, 0.25) is 0 Å². The molecule has 2 rings (SSSR count). The van der Waals surface area contributed by atoms with Crippen LogP contribution in [0.15, 0.2) is 6.33 Å². The van der Waals surface area contributed by atoms with E-state index in [-0.39, 0.29) is 11.6 Å². The van der Waals surface area contributed by atoms with Gasteiger partial charge in [-0.1, -0.05) is 20.8 Å². The fraction of sp³-hybridized carbons (Fsp3) is 0.875. The van der Waals surface area contributed by atoms with Crippen molar-refractivity contribution in [2.24, 2.45) is 5.73 Å². The zero-order valence-corrected chi connectivity index (χ0v) is 13.9. The van der Waals surface area contributed by atoms with Crippen LogP contribution in [-0.2, 0) is 13.0 Å². The summed E-state index contributed by atoms with van der Waals surface area (Å²) in [6.07, 6.45) is 8.37. The van der Waals surface area contributed by atoms with Crippen molar-refractivity contribution >= 4 is 0 Å². The van der Waals surface area contributed by atoms with E-state index >= 15 is 0 Å². The molecule has 120 valence electrons. The zero-order valence-electron chi connectivity index (χ0n) is 13.9. The second kappa shape index (κ2) is 7.36. The molecule has 0 aliphatic carbocycles. The van der Waals surface area contributed by atoms with Crippen molar-refractivity contribution in [2.75, 3.05) is 13.1 Å². The summed E-state index contributed by atoms with van der Waals surface area (Å²) in [4.78, 5) is 7.06. The van der Waals surface area contributed by atoms with Gasteiger partial charge in [-0.2, -0.15) is 5.10 Å². The summed E-state index contributed by atoms with van der Waals surface area (Å²) in [7, 11) is 0. The third kappa shape index (κ3) is 3.29. The van der Waals surface area contributed by atoms with Gasteiger partial charge in [-0.05, 0) is 45.2 Å². The Morgan fingerprint density at radius 3 is 2.48 bits per heavy atom. The SMILES string of the molecule is CCCn1ncnc1CC(N)C(CC)(CC)N1CCCC1. The standard InChI is InChI=1S/C16H31N5/c1-4-9-21-15(18-13-19-21)12-14(17)16(5-2,6-3)20-10-7-8-11-20/h13-14H,4-12,17H2,1-3H3. The number of rotatable bonds is 8. The minimum atomic E-state index is 0.111. The number of hydrogen-bond acceptors (Lipinski definition) is 4. The van der Waals surface area contributed by atoms with Gasteiger partial charge < -0.3 is 5.73 Å². The van der Waals surface area contributed by atoms with Crippen LogP contribution in [0.4, 0.5) is 0 Å². The van der Waals surface area contributed by atoms with Crippen LogP contribution in [0.25, 0.3) is 0 Å². The summed E-state index contributed by atoms with van der Waals surface area (Å²) in [6.45, 7) is 10.0. The molecule has 1 aromatic heterocycles. The molecule has 0 amide bonds. The fourth-order valence-electron chi connectivity index (χ4n) is 3.85. The Morgan fingerprint density at radius 1 is 1.24 bits per heavy atom. The molecule has 5 nitrogen and oxygen atoms in total. The van der Waals surface area contributed by atoms with Crippen LogP contribution >= 0.6 is 0 Å². The number of nitrogens with two attached hydrogens (primary N) is 1. The number of aryl methyl sites for hydroxylation is 1. The van der Waals surface area contributed by atoms with Crippen molar-refractivity contribution < 1.29 is 0 Å². The number of likely N-dealkylation sites (tertiary alicyclic amines) is 1. The molecule has 2 N–H and O–H groups in total. The summed E-state index contributed by atoms with van der Waals surface area (Å²) < 4.78 is 2.01. The molecular formula is C16H31N5. The predicted molar refractivity (Wildman–Crippen MR) is 86.1 cm³/mol. The van der Waals surface area contributed by atoms with Crippen molar-refractivity contribution in [2.45, 2.75) is 77.4 Å². The minimum absolute atomic E-state index is 0.111. The molecule has 1 fully saturated rings. The van der Waals surface area contributed by atoms with Gasteiger partial charge in [0, 0.05) is 24.5 Å². The van der Waals surface area contributed by atoms with Gasteiger partial charge in [0.15, 0.2) is 0 Å². The summed E-state index contributed by atoms with van der Waals surface area (Å²) >= 11 is 0. The van der Waals surface area contributed by atoms with Crippen molar-refractivity contribution in [3.05, 3.63) is 12.2 Å². The molecule has 0 spiro atoms. The van der Waals surface area contributed by atoms with Crippen molar-refractivity contribution in [3.63, 3.8) is 0 Å². The summed E-state index contributed by atoms with van der Waals surface area (Å²) in [5.41, 5.74) is 6.80. The minimum Gasteiger partial charge on any atom is -0.326 e. The molecular weight excluding hydrogens is 262 g/mol. The van der Waals surface area contributed by atoms with E-state index in [1.807, 2.05) is 4.68 Å². The molecule has 0 saturated carbocycles. The smallest absolute Gasteiger partial charge is 0.138 e. The molecule has 1 aliphatic rings. The van der Waals surface area contributed by atoms with Crippen LogP contribution in [0.3, 0.4) is 0 Å². The fourth-order valence-corrected chi connectivity index (χ4v) is 3.85. The molecule has 1 aromatic rings. The van der Waals surface area contributed by atoms with Crippen LogP contribution < -0.4 is 5.73 Å². The van der Waals surface area contributed by atoms with E-state index in [0.29, 0.717) is 0 Å². The lowest BCUT2D eigenvalue weighted by atomic mass is 9.81. The van der Waals surface area contributed by atoms with Gasteiger partial charge in [-0.3, -0.25) is 9.58 Å². The van der Waals surface area contributed by atoms with Crippen molar-refractivity contribution in [1.82, 2.24) is 19.7 Å². The first-order valence-corrected chi connectivity index (χ1v) is 8.55. The van der Waals surface area contributed by atoms with E-state index in [1.165, 1.54) is 25.9 Å². The maximum absolute atomic E-state index is 6.69. The molecule has 0 radical (unpaired) electrons. The third-order valence-corrected chi connectivity index (χ3v) is 5.18. The third-order valence-electron chi connectivity index (χ3n) is 5.18. The Balaban J connectivity index is 2.14. The lowest BCUT2D eigenvalue weighted by Crippen LogP contribution is -2.59. The van der Waals surface area contributed by atoms with Crippen LogP contribution in [0, 0.1) is 0 Å². The molecule has 0 bridgehead atoms. The van der Waals surface area contributed by atoms with Crippen LogP contribution in [0.2, 0.25) is 0 Å². The quantitative estimate of drug-likeness (QED) is 0.798. The zero-order chi connectivity index (χ0) is 15.3. The number of hydrogen-bond donors (Lipinski definition) is 1. The van der Waals surface area contributed by atoms with Gasteiger partial charge >= 0.3 is 0 Å². The highest BCUT2D eigenvalue weighted by Crippen LogP contribution is 2.31. The normalized spacial score (nSPS) is 18.3. The van der Waals surface area contributed by atoms with Gasteiger partial charge in [0.25, 0.3) is 0 Å². The van der Waals surface area contributed by atoms with Gasteiger partial charge in [0.05, 0.1) is 0 Å². The summed E-state index contributed by atoms with van der Waals surface area (Å²) in [5.74, 6) is 1.04. The average molecular weight is 293 g/mol. The van der Waals surface area contributed by atoms with E-state index in [0.717, 1.165) is 38.1 Å². The van der Waals surface area contributed by atoms with Crippen LogP contribution in [-0.4, -0.2) is 44.3 Å². The molecule has 1 unspecified atom stereocenters. The lowest BCUT2D eigenvalue weighted by Gasteiger charge is -2.45.